The zero-order valence-corrected chi connectivity index (χ0v) is 12.6. The molecule has 3 heteroatoms. The largest absolute Gasteiger partial charge is 0.392 e. The maximum Gasteiger partial charge on any atom is 0.220 e. The molecule has 1 aliphatic rings. The average molecular weight is 295 g/mol. The molecule has 0 radical (unpaired) electrons. The van der Waals surface area contributed by atoms with E-state index in [0.717, 1.165) is 24.0 Å². The van der Waals surface area contributed by atoms with E-state index in [9.17, 15) is 4.79 Å². The molecule has 114 valence electrons. The quantitative estimate of drug-likeness (QED) is 0.891. The van der Waals surface area contributed by atoms with Gasteiger partial charge in [-0.05, 0) is 41.0 Å². The van der Waals surface area contributed by atoms with Crippen molar-refractivity contribution >= 4 is 5.91 Å². The molecule has 0 saturated carbocycles. The highest BCUT2D eigenvalue weighted by atomic mass is 16.3. The standard InChI is InChI=1S/C19H21NO2/c21-13-15-7-5-14(6-8-15)12-20-19(22)11-17-10-9-16-3-1-2-4-18(16)17/h1-8,17,21H,9-13H2,(H,20,22)/t17-/m1/s1. The van der Waals surface area contributed by atoms with Crippen LogP contribution >= 0.6 is 0 Å². The van der Waals surface area contributed by atoms with Gasteiger partial charge >= 0.3 is 0 Å². The Labute approximate surface area is 131 Å². The van der Waals surface area contributed by atoms with Crippen LogP contribution in [0.25, 0.3) is 0 Å². The summed E-state index contributed by atoms with van der Waals surface area (Å²) in [5, 5.41) is 12.0. The molecule has 22 heavy (non-hydrogen) atoms. The highest BCUT2D eigenvalue weighted by molar-refractivity contribution is 5.77. The molecular weight excluding hydrogens is 274 g/mol. The summed E-state index contributed by atoms with van der Waals surface area (Å²) in [7, 11) is 0. The van der Waals surface area contributed by atoms with Crippen molar-refractivity contribution in [1.82, 2.24) is 5.32 Å². The van der Waals surface area contributed by atoms with E-state index >= 15 is 0 Å². The minimum Gasteiger partial charge on any atom is -0.392 e. The number of fused-ring (bicyclic) bond motifs is 1. The Hall–Kier alpha value is -2.13. The first-order chi connectivity index (χ1) is 10.8. The first-order valence-corrected chi connectivity index (χ1v) is 7.79. The topological polar surface area (TPSA) is 49.3 Å². The number of carbonyl (C=O) groups excluding carboxylic acids is 1. The minimum atomic E-state index is 0.0493. The van der Waals surface area contributed by atoms with Crippen LogP contribution in [-0.4, -0.2) is 11.0 Å². The Balaban J connectivity index is 1.53. The van der Waals surface area contributed by atoms with Crippen molar-refractivity contribution in [3.63, 3.8) is 0 Å². The Morgan fingerprint density at radius 2 is 1.82 bits per heavy atom. The van der Waals surface area contributed by atoms with Crippen molar-refractivity contribution in [3.05, 3.63) is 70.8 Å². The normalized spacial score (nSPS) is 16.3. The van der Waals surface area contributed by atoms with Crippen LogP contribution in [0.15, 0.2) is 48.5 Å². The molecule has 0 heterocycles. The lowest BCUT2D eigenvalue weighted by Crippen LogP contribution is -2.24. The zero-order valence-electron chi connectivity index (χ0n) is 12.6. The number of amides is 1. The van der Waals surface area contributed by atoms with Gasteiger partial charge in [0.15, 0.2) is 0 Å². The predicted molar refractivity (Wildman–Crippen MR) is 86.3 cm³/mol. The molecule has 1 amide bonds. The molecular formula is C19H21NO2. The summed E-state index contributed by atoms with van der Waals surface area (Å²) in [4.78, 5) is 12.2. The average Bonchev–Trinajstić information content (AvgIpc) is 2.97. The molecule has 2 N–H and O–H groups in total. The smallest absolute Gasteiger partial charge is 0.220 e. The summed E-state index contributed by atoms with van der Waals surface area (Å²) in [6.45, 7) is 0.590. The molecule has 1 aliphatic carbocycles. The highest BCUT2D eigenvalue weighted by Gasteiger charge is 2.23. The highest BCUT2D eigenvalue weighted by Crippen LogP contribution is 2.35. The van der Waals surface area contributed by atoms with Crippen LogP contribution in [0.3, 0.4) is 0 Å². The number of hydrogen-bond donors (Lipinski definition) is 2. The van der Waals surface area contributed by atoms with Gasteiger partial charge in [-0.25, -0.2) is 0 Å². The van der Waals surface area contributed by atoms with Crippen LogP contribution < -0.4 is 5.32 Å². The van der Waals surface area contributed by atoms with Crippen molar-refractivity contribution in [1.29, 1.82) is 0 Å². The third kappa shape index (κ3) is 3.37. The van der Waals surface area contributed by atoms with Crippen LogP contribution in [0.4, 0.5) is 0 Å². The molecule has 0 fully saturated rings. The summed E-state index contributed by atoms with van der Waals surface area (Å²) >= 11 is 0. The second-order valence-corrected chi connectivity index (χ2v) is 5.89. The molecule has 0 saturated heterocycles. The number of benzene rings is 2. The van der Waals surface area contributed by atoms with Gasteiger partial charge in [0.05, 0.1) is 6.61 Å². The molecule has 0 aromatic heterocycles. The molecule has 0 aliphatic heterocycles. The molecule has 2 aromatic carbocycles. The molecule has 0 unspecified atom stereocenters. The van der Waals surface area contributed by atoms with Crippen molar-refractivity contribution in [2.75, 3.05) is 0 Å². The third-order valence-electron chi connectivity index (χ3n) is 4.38. The number of aliphatic hydroxyl groups is 1. The van der Waals surface area contributed by atoms with E-state index in [-0.39, 0.29) is 12.5 Å². The summed E-state index contributed by atoms with van der Waals surface area (Å²) in [5.74, 6) is 0.459. The van der Waals surface area contributed by atoms with Crippen LogP contribution in [0.5, 0.6) is 0 Å². The SMILES string of the molecule is O=C(C[C@H]1CCc2ccccc21)NCc1ccc(CO)cc1. The van der Waals surface area contributed by atoms with Crippen molar-refractivity contribution in [3.8, 4) is 0 Å². The third-order valence-corrected chi connectivity index (χ3v) is 4.38. The Morgan fingerprint density at radius 3 is 2.59 bits per heavy atom. The molecule has 3 nitrogen and oxygen atoms in total. The van der Waals surface area contributed by atoms with E-state index < -0.39 is 0 Å². The number of hydrogen-bond acceptors (Lipinski definition) is 2. The second-order valence-electron chi connectivity index (χ2n) is 5.89. The number of carbonyl (C=O) groups is 1. The molecule has 0 bridgehead atoms. The van der Waals surface area contributed by atoms with Gasteiger partial charge in [0, 0.05) is 13.0 Å². The van der Waals surface area contributed by atoms with Crippen LogP contribution in [0.1, 0.15) is 41.0 Å². The fourth-order valence-corrected chi connectivity index (χ4v) is 3.12. The minimum absolute atomic E-state index is 0.0493. The monoisotopic (exact) mass is 295 g/mol. The van der Waals surface area contributed by atoms with E-state index in [2.05, 4.69) is 29.6 Å². The van der Waals surface area contributed by atoms with Gasteiger partial charge in [-0.3, -0.25) is 4.79 Å². The van der Waals surface area contributed by atoms with Gasteiger partial charge in [-0.1, -0.05) is 48.5 Å². The van der Waals surface area contributed by atoms with E-state index in [1.807, 2.05) is 24.3 Å². The lowest BCUT2D eigenvalue weighted by atomic mass is 9.97. The summed E-state index contributed by atoms with van der Waals surface area (Å²) in [6, 6.07) is 16.1. The van der Waals surface area contributed by atoms with Gasteiger partial charge in [-0.15, -0.1) is 0 Å². The van der Waals surface area contributed by atoms with Gasteiger partial charge in [0.25, 0.3) is 0 Å². The second kappa shape index (κ2) is 6.75. The Morgan fingerprint density at radius 1 is 1.09 bits per heavy atom. The predicted octanol–water partition coefficient (Wildman–Crippen LogP) is 2.92. The lowest BCUT2D eigenvalue weighted by Gasteiger charge is -2.12. The molecule has 1 atom stereocenters. The van der Waals surface area contributed by atoms with Gasteiger partial charge < -0.3 is 10.4 Å². The van der Waals surface area contributed by atoms with Crippen LogP contribution in [0.2, 0.25) is 0 Å². The van der Waals surface area contributed by atoms with Gasteiger partial charge in [-0.2, -0.15) is 0 Å². The van der Waals surface area contributed by atoms with Crippen LogP contribution in [0, 0.1) is 0 Å². The molecule has 3 rings (SSSR count). The maximum atomic E-state index is 12.2. The fraction of sp³-hybridized carbons (Fsp3) is 0.316. The summed E-state index contributed by atoms with van der Waals surface area (Å²) in [6.07, 6.45) is 2.71. The van der Waals surface area contributed by atoms with E-state index in [1.165, 1.54) is 11.1 Å². The Bertz CT molecular complexity index is 649. The van der Waals surface area contributed by atoms with Crippen molar-refractivity contribution in [2.24, 2.45) is 0 Å². The molecule has 0 spiro atoms. The lowest BCUT2D eigenvalue weighted by molar-refractivity contribution is -0.121. The zero-order chi connectivity index (χ0) is 15.4. The first kappa shape index (κ1) is 14.8. The van der Waals surface area contributed by atoms with E-state index in [0.29, 0.717) is 18.9 Å². The van der Waals surface area contributed by atoms with E-state index in [1.54, 1.807) is 0 Å². The van der Waals surface area contributed by atoms with Gasteiger partial charge in [0.2, 0.25) is 5.91 Å². The van der Waals surface area contributed by atoms with Crippen molar-refractivity contribution < 1.29 is 9.90 Å². The number of rotatable bonds is 5. The summed E-state index contributed by atoms with van der Waals surface area (Å²) < 4.78 is 0. The maximum absolute atomic E-state index is 12.2. The van der Waals surface area contributed by atoms with E-state index in [4.69, 9.17) is 5.11 Å². The Kier molecular flexibility index (Phi) is 4.54. The summed E-state index contributed by atoms with van der Waals surface area (Å²) in [5.41, 5.74) is 4.67. The van der Waals surface area contributed by atoms with Crippen LogP contribution in [-0.2, 0) is 24.4 Å². The van der Waals surface area contributed by atoms with Gasteiger partial charge in [0.1, 0.15) is 0 Å². The molecule has 2 aromatic rings. The van der Waals surface area contributed by atoms with Crippen molar-refractivity contribution in [2.45, 2.75) is 38.3 Å². The number of aryl methyl sites for hydroxylation is 1. The first-order valence-electron chi connectivity index (χ1n) is 7.79. The fourth-order valence-electron chi connectivity index (χ4n) is 3.12. The number of nitrogens with one attached hydrogen (secondary N) is 1. The number of aliphatic hydroxyl groups excluding tert-OH is 1.